The Balaban J connectivity index is 1.35. The van der Waals surface area contributed by atoms with Gasteiger partial charge in [0.15, 0.2) is 23.3 Å². The van der Waals surface area contributed by atoms with Crippen LogP contribution < -0.4 is 22.1 Å². The molecule has 2 aliphatic rings. The number of carbonyl (C=O) groups is 2. The van der Waals surface area contributed by atoms with Gasteiger partial charge < -0.3 is 21.7 Å². The molecule has 1 aromatic heterocycles. The molecule has 30 heavy (non-hydrogen) atoms. The van der Waals surface area contributed by atoms with Crippen molar-refractivity contribution in [3.63, 3.8) is 0 Å². The van der Waals surface area contributed by atoms with Crippen LogP contribution in [0.4, 0.5) is 11.6 Å². The third kappa shape index (κ3) is 4.01. The number of anilines is 2. The molecule has 0 radical (unpaired) electrons. The van der Waals surface area contributed by atoms with Gasteiger partial charge in [-0.2, -0.15) is 0 Å². The maximum atomic E-state index is 12.6. The zero-order chi connectivity index (χ0) is 21.3. The van der Waals surface area contributed by atoms with Crippen molar-refractivity contribution in [1.29, 1.82) is 0 Å². The van der Waals surface area contributed by atoms with Gasteiger partial charge in [-0.3, -0.25) is 19.9 Å². The van der Waals surface area contributed by atoms with Crippen molar-refractivity contribution in [2.45, 2.75) is 18.4 Å². The number of hydrogen-bond donors (Lipinski definition) is 4. The zero-order valence-corrected chi connectivity index (χ0v) is 18.2. The number of hydrogen-bond acceptors (Lipinski definition) is 8. The number of nitrogens with one attached hydrogen (secondary N) is 2. The van der Waals surface area contributed by atoms with Gasteiger partial charge in [-0.15, -0.1) is 0 Å². The minimum atomic E-state index is -0.502. The van der Waals surface area contributed by atoms with Gasteiger partial charge in [-0.1, -0.05) is 18.2 Å². The summed E-state index contributed by atoms with van der Waals surface area (Å²) in [5, 5.41) is 6.02. The maximum absolute atomic E-state index is 12.6. The van der Waals surface area contributed by atoms with Crippen LogP contribution in [0.15, 0.2) is 35.3 Å². The highest BCUT2D eigenvalue weighted by Gasteiger charge is 2.40. The molecule has 6 N–H and O–H groups in total. The molecule has 0 aliphatic carbocycles. The summed E-state index contributed by atoms with van der Waals surface area (Å²) in [6.07, 6.45) is 1.46. The molecule has 0 saturated carbocycles. The first-order valence-electron chi connectivity index (χ1n) is 9.44. The predicted molar refractivity (Wildman–Crippen MR) is 121 cm³/mol. The number of carbonyl (C=O) groups excluding carboxylic acids is 2. The van der Waals surface area contributed by atoms with Crippen molar-refractivity contribution in [3.8, 4) is 0 Å². The molecule has 0 atom stereocenters. The lowest BCUT2D eigenvalue weighted by Crippen LogP contribution is -2.57. The molecule has 0 bridgehead atoms. The SMILES string of the molecule is Nc1nc(N)c(C(=O)NC2=NCC3(CCN(C(=O)c4ccccc4)CC3)N2)nc1I. The van der Waals surface area contributed by atoms with Crippen LogP contribution in [0, 0.1) is 3.70 Å². The Morgan fingerprint density at radius 1 is 1.10 bits per heavy atom. The first-order chi connectivity index (χ1) is 14.4. The molecule has 4 rings (SSSR count). The van der Waals surface area contributed by atoms with Crippen LogP contribution >= 0.6 is 22.6 Å². The summed E-state index contributed by atoms with van der Waals surface area (Å²) in [7, 11) is 0. The molecule has 1 fully saturated rings. The van der Waals surface area contributed by atoms with Crippen molar-refractivity contribution in [2.75, 3.05) is 31.1 Å². The molecule has 10 nitrogen and oxygen atoms in total. The zero-order valence-electron chi connectivity index (χ0n) is 16.1. The molecule has 1 aromatic carbocycles. The standard InChI is InChI=1S/C19H21IN8O2/c20-13-15(22)25-14(21)12(24-13)16(29)26-18-23-10-19(27-18)6-8-28(9-7-19)17(30)11-4-2-1-3-5-11/h1-5H,6-10H2,(H4,21,22,25)(H2,23,26,27,29). The lowest BCUT2D eigenvalue weighted by Gasteiger charge is -2.39. The highest BCUT2D eigenvalue weighted by atomic mass is 127. The van der Waals surface area contributed by atoms with Gasteiger partial charge in [-0.25, -0.2) is 9.97 Å². The van der Waals surface area contributed by atoms with Gasteiger partial charge in [0.25, 0.3) is 11.8 Å². The van der Waals surface area contributed by atoms with Crippen molar-refractivity contribution >= 4 is 52.0 Å². The van der Waals surface area contributed by atoms with Gasteiger partial charge in [0.1, 0.15) is 3.70 Å². The largest absolute Gasteiger partial charge is 0.382 e. The minimum absolute atomic E-state index is 0.00215. The maximum Gasteiger partial charge on any atom is 0.280 e. The highest BCUT2D eigenvalue weighted by molar-refractivity contribution is 14.1. The Morgan fingerprint density at radius 3 is 2.50 bits per heavy atom. The summed E-state index contributed by atoms with van der Waals surface area (Å²) in [5.74, 6) is 0.0434. The average molecular weight is 520 g/mol. The molecular formula is C19H21IN8O2. The number of halogens is 1. The summed E-state index contributed by atoms with van der Waals surface area (Å²) in [6.45, 7) is 1.76. The molecule has 1 spiro atoms. The second-order valence-corrected chi connectivity index (χ2v) is 8.34. The van der Waals surface area contributed by atoms with Crippen LogP contribution in [0.1, 0.15) is 33.7 Å². The number of amides is 2. The Morgan fingerprint density at radius 2 is 1.80 bits per heavy atom. The van der Waals surface area contributed by atoms with E-state index in [0.29, 0.717) is 34.9 Å². The average Bonchev–Trinajstić information content (AvgIpc) is 3.13. The van der Waals surface area contributed by atoms with Crippen LogP contribution in [-0.2, 0) is 0 Å². The second kappa shape index (κ2) is 8.05. The van der Waals surface area contributed by atoms with Crippen molar-refractivity contribution in [2.24, 2.45) is 4.99 Å². The second-order valence-electron chi connectivity index (χ2n) is 7.32. The van der Waals surface area contributed by atoms with Gasteiger partial charge in [0.2, 0.25) is 0 Å². The highest BCUT2D eigenvalue weighted by Crippen LogP contribution is 2.26. The summed E-state index contributed by atoms with van der Waals surface area (Å²) < 4.78 is 0.403. The fourth-order valence-corrected chi connectivity index (χ4v) is 3.95. The first-order valence-corrected chi connectivity index (χ1v) is 10.5. The van der Waals surface area contributed by atoms with E-state index in [0.717, 1.165) is 12.8 Å². The fourth-order valence-electron chi connectivity index (χ4n) is 3.59. The monoisotopic (exact) mass is 520 g/mol. The predicted octanol–water partition coefficient (Wildman–Crippen LogP) is 0.610. The summed E-state index contributed by atoms with van der Waals surface area (Å²) in [4.78, 5) is 39.5. The molecule has 2 amide bonds. The summed E-state index contributed by atoms with van der Waals surface area (Å²) >= 11 is 1.89. The number of benzene rings is 1. The van der Waals surface area contributed by atoms with Gasteiger partial charge in [0, 0.05) is 18.7 Å². The fraction of sp³-hybridized carbons (Fsp3) is 0.316. The summed E-state index contributed by atoms with van der Waals surface area (Å²) in [6, 6.07) is 9.26. The summed E-state index contributed by atoms with van der Waals surface area (Å²) in [5.41, 5.74) is 11.9. The van der Waals surface area contributed by atoms with Crippen LogP contribution in [0.2, 0.25) is 0 Å². The Bertz CT molecular complexity index is 1020. The molecule has 156 valence electrons. The minimum Gasteiger partial charge on any atom is -0.382 e. The molecule has 1 saturated heterocycles. The number of guanidine groups is 1. The van der Waals surface area contributed by atoms with E-state index in [2.05, 4.69) is 25.6 Å². The van der Waals surface area contributed by atoms with Crippen LogP contribution in [0.25, 0.3) is 0 Å². The molecule has 2 aromatic rings. The Hall–Kier alpha value is -2.96. The van der Waals surface area contributed by atoms with Crippen molar-refractivity contribution < 1.29 is 9.59 Å². The lowest BCUT2D eigenvalue weighted by atomic mass is 9.88. The van der Waals surface area contributed by atoms with E-state index >= 15 is 0 Å². The topological polar surface area (TPSA) is 152 Å². The number of nitrogen functional groups attached to an aromatic ring is 2. The third-order valence-corrected chi connectivity index (χ3v) is 6.10. The van der Waals surface area contributed by atoms with Gasteiger partial charge in [-0.05, 0) is 47.6 Å². The number of likely N-dealkylation sites (tertiary alicyclic amines) is 1. The van der Waals surface area contributed by atoms with E-state index in [1.54, 1.807) is 0 Å². The lowest BCUT2D eigenvalue weighted by molar-refractivity contribution is 0.0668. The third-order valence-electron chi connectivity index (χ3n) is 5.30. The Kier molecular flexibility index (Phi) is 5.45. The van der Waals surface area contributed by atoms with Crippen LogP contribution in [0.5, 0.6) is 0 Å². The van der Waals surface area contributed by atoms with Crippen molar-refractivity contribution in [1.82, 2.24) is 25.5 Å². The number of nitrogens with two attached hydrogens (primary N) is 2. The van der Waals surface area contributed by atoms with E-state index in [-0.39, 0.29) is 28.8 Å². The molecule has 0 unspecified atom stereocenters. The quantitative estimate of drug-likeness (QED) is 0.424. The molecule has 11 heteroatoms. The van der Waals surface area contributed by atoms with E-state index in [9.17, 15) is 9.59 Å². The normalized spacial score (nSPS) is 17.4. The first kappa shape index (κ1) is 20.3. The van der Waals surface area contributed by atoms with E-state index in [1.165, 1.54) is 0 Å². The van der Waals surface area contributed by atoms with E-state index < -0.39 is 5.91 Å². The van der Waals surface area contributed by atoms with E-state index in [4.69, 9.17) is 11.5 Å². The van der Waals surface area contributed by atoms with Crippen molar-refractivity contribution in [3.05, 3.63) is 45.3 Å². The Labute approximate surface area is 186 Å². The van der Waals surface area contributed by atoms with Crippen LogP contribution in [0.3, 0.4) is 0 Å². The smallest absolute Gasteiger partial charge is 0.280 e. The van der Waals surface area contributed by atoms with Gasteiger partial charge >= 0.3 is 0 Å². The number of nitrogens with zero attached hydrogens (tertiary/aromatic N) is 4. The van der Waals surface area contributed by atoms with E-state index in [1.807, 2.05) is 57.8 Å². The number of aliphatic imine (C=N–C) groups is 1. The van der Waals surface area contributed by atoms with Crippen LogP contribution in [-0.4, -0.2) is 57.8 Å². The molecule has 2 aliphatic heterocycles. The number of rotatable bonds is 2. The molecular weight excluding hydrogens is 499 g/mol. The molecule has 3 heterocycles. The van der Waals surface area contributed by atoms with Gasteiger partial charge in [0.05, 0.1) is 12.1 Å². The number of piperidine rings is 1. The number of aromatic nitrogens is 2.